The van der Waals surface area contributed by atoms with Gasteiger partial charge in [0.2, 0.25) is 5.91 Å². The number of aliphatic carboxylic acids is 1. The maximum Gasteiger partial charge on any atom is 0.306 e. The third kappa shape index (κ3) is 3.14. The molecule has 0 saturated carbocycles. The molecule has 1 aromatic rings. The van der Waals surface area contributed by atoms with Crippen molar-refractivity contribution in [1.29, 1.82) is 0 Å². The van der Waals surface area contributed by atoms with Crippen LogP contribution in [0, 0.1) is 0 Å². The number of carboxylic acid groups (broad SMARTS) is 1. The zero-order chi connectivity index (χ0) is 15.5. The van der Waals surface area contributed by atoms with E-state index < -0.39 is 12.1 Å². The van der Waals surface area contributed by atoms with Gasteiger partial charge < -0.3 is 14.7 Å². The van der Waals surface area contributed by atoms with Crippen molar-refractivity contribution < 1.29 is 19.4 Å². The first kappa shape index (κ1) is 15.0. The minimum Gasteiger partial charge on any atom is -0.481 e. The lowest BCUT2D eigenvalue weighted by molar-refractivity contribution is -0.148. The van der Waals surface area contributed by atoms with Crippen LogP contribution in [-0.2, 0) is 20.7 Å². The average Bonchev–Trinajstić information content (AvgIpc) is 2.53. The molecule has 0 unspecified atom stereocenters. The van der Waals surface area contributed by atoms with Gasteiger partial charge in [-0.2, -0.15) is 0 Å². The first-order valence-electron chi connectivity index (χ1n) is 7.85. The normalized spacial score (nSPS) is 24.6. The zero-order valence-electron chi connectivity index (χ0n) is 12.5. The number of hydrogen-bond acceptors (Lipinski definition) is 3. The molecular weight excluding hydrogens is 282 g/mol. The number of rotatable bonds is 3. The summed E-state index contributed by atoms with van der Waals surface area (Å²) in [4.78, 5) is 25.5. The van der Waals surface area contributed by atoms with E-state index >= 15 is 0 Å². The Morgan fingerprint density at radius 2 is 2.14 bits per heavy atom. The number of carbonyl (C=O) groups is 2. The van der Waals surface area contributed by atoms with E-state index in [4.69, 9.17) is 9.84 Å². The van der Waals surface area contributed by atoms with Gasteiger partial charge in [-0.05, 0) is 30.4 Å². The summed E-state index contributed by atoms with van der Waals surface area (Å²) < 4.78 is 5.45. The molecule has 2 aliphatic rings. The largest absolute Gasteiger partial charge is 0.481 e. The number of carbonyl (C=O) groups excluding carboxylic acids is 1. The number of carboxylic acids is 1. The van der Waals surface area contributed by atoms with Gasteiger partial charge in [0.15, 0.2) is 0 Å². The molecule has 1 fully saturated rings. The summed E-state index contributed by atoms with van der Waals surface area (Å²) in [6.45, 7) is 1.34. The Balaban J connectivity index is 1.73. The zero-order valence-corrected chi connectivity index (χ0v) is 12.5. The molecule has 1 aliphatic heterocycles. The van der Waals surface area contributed by atoms with Gasteiger partial charge >= 0.3 is 5.97 Å². The first-order valence-corrected chi connectivity index (χ1v) is 7.85. The maximum atomic E-state index is 12.9. The average molecular weight is 303 g/mol. The van der Waals surface area contributed by atoms with Crippen LogP contribution < -0.4 is 0 Å². The van der Waals surface area contributed by atoms with E-state index in [1.165, 1.54) is 5.56 Å². The van der Waals surface area contributed by atoms with Crippen molar-refractivity contribution in [3.05, 3.63) is 35.4 Å². The van der Waals surface area contributed by atoms with Crippen LogP contribution in [0.15, 0.2) is 24.3 Å². The Morgan fingerprint density at radius 3 is 2.95 bits per heavy atom. The summed E-state index contributed by atoms with van der Waals surface area (Å²) in [6, 6.07) is 8.15. The number of amides is 1. The molecule has 1 N–H and O–H groups in total. The molecule has 1 saturated heterocycles. The first-order chi connectivity index (χ1) is 10.6. The molecular formula is C17H21NO4. The lowest BCUT2D eigenvalue weighted by Crippen LogP contribution is -2.48. The third-order valence-electron chi connectivity index (χ3n) is 4.52. The van der Waals surface area contributed by atoms with Crippen LogP contribution in [0.1, 0.15) is 36.3 Å². The van der Waals surface area contributed by atoms with Crippen LogP contribution in [0.25, 0.3) is 0 Å². The van der Waals surface area contributed by atoms with E-state index in [1.807, 2.05) is 18.2 Å². The SMILES string of the molecule is O=C(O)C[C@@H]1CN(C(=O)[C@@H]2CCCc3ccccc32)CCO1. The van der Waals surface area contributed by atoms with Crippen molar-refractivity contribution in [1.82, 2.24) is 4.90 Å². The molecule has 1 aromatic carbocycles. The van der Waals surface area contributed by atoms with Gasteiger partial charge in [-0.1, -0.05) is 24.3 Å². The Labute approximate surface area is 129 Å². The van der Waals surface area contributed by atoms with Crippen molar-refractivity contribution in [2.45, 2.75) is 37.7 Å². The van der Waals surface area contributed by atoms with Gasteiger partial charge in [-0.25, -0.2) is 0 Å². The minimum atomic E-state index is -0.887. The fourth-order valence-electron chi connectivity index (χ4n) is 3.47. The Hall–Kier alpha value is -1.88. The molecule has 22 heavy (non-hydrogen) atoms. The second-order valence-corrected chi connectivity index (χ2v) is 6.02. The molecule has 118 valence electrons. The number of ether oxygens (including phenoxy) is 1. The summed E-state index contributed by atoms with van der Waals surface area (Å²) >= 11 is 0. The maximum absolute atomic E-state index is 12.9. The van der Waals surface area contributed by atoms with Crippen molar-refractivity contribution in [3.63, 3.8) is 0 Å². The quantitative estimate of drug-likeness (QED) is 0.925. The predicted molar refractivity (Wildman–Crippen MR) is 80.7 cm³/mol. The predicted octanol–water partition coefficient (Wildman–Crippen LogP) is 1.81. The van der Waals surface area contributed by atoms with Gasteiger partial charge in [0.05, 0.1) is 25.0 Å². The molecule has 5 nitrogen and oxygen atoms in total. The summed E-state index contributed by atoms with van der Waals surface area (Å²) in [5, 5.41) is 8.89. The van der Waals surface area contributed by atoms with Crippen LogP contribution in [-0.4, -0.2) is 47.7 Å². The molecule has 1 heterocycles. The van der Waals surface area contributed by atoms with Gasteiger partial charge in [0.1, 0.15) is 0 Å². The molecule has 0 spiro atoms. The van der Waals surface area contributed by atoms with E-state index in [9.17, 15) is 9.59 Å². The van der Waals surface area contributed by atoms with Gasteiger partial charge in [0, 0.05) is 13.1 Å². The Morgan fingerprint density at radius 1 is 1.32 bits per heavy atom. The molecule has 5 heteroatoms. The number of benzene rings is 1. The highest BCUT2D eigenvalue weighted by Gasteiger charge is 2.33. The van der Waals surface area contributed by atoms with Crippen molar-refractivity contribution >= 4 is 11.9 Å². The van der Waals surface area contributed by atoms with Crippen LogP contribution in [0.5, 0.6) is 0 Å². The molecule has 0 radical (unpaired) electrons. The summed E-state index contributed by atoms with van der Waals surface area (Å²) in [6.07, 6.45) is 2.48. The summed E-state index contributed by atoms with van der Waals surface area (Å²) in [7, 11) is 0. The number of nitrogens with zero attached hydrogens (tertiary/aromatic N) is 1. The van der Waals surface area contributed by atoms with Crippen LogP contribution in [0.3, 0.4) is 0 Å². The highest BCUT2D eigenvalue weighted by atomic mass is 16.5. The fraction of sp³-hybridized carbons (Fsp3) is 0.529. The number of morpholine rings is 1. The van der Waals surface area contributed by atoms with E-state index in [2.05, 4.69) is 6.07 Å². The van der Waals surface area contributed by atoms with Crippen LogP contribution in [0.2, 0.25) is 0 Å². The van der Waals surface area contributed by atoms with Crippen molar-refractivity contribution in [2.24, 2.45) is 0 Å². The van der Waals surface area contributed by atoms with E-state index in [1.54, 1.807) is 4.90 Å². The highest BCUT2D eigenvalue weighted by Crippen LogP contribution is 2.33. The Bertz CT molecular complexity index is 572. The van der Waals surface area contributed by atoms with Gasteiger partial charge in [0.25, 0.3) is 0 Å². The molecule has 1 aliphatic carbocycles. The third-order valence-corrected chi connectivity index (χ3v) is 4.52. The van der Waals surface area contributed by atoms with Gasteiger partial charge in [-0.3, -0.25) is 9.59 Å². The smallest absolute Gasteiger partial charge is 0.306 e. The molecule has 2 atom stereocenters. The molecule has 0 bridgehead atoms. The standard InChI is InChI=1S/C17H21NO4/c19-16(20)10-13-11-18(8-9-22-13)17(21)15-7-3-5-12-4-1-2-6-14(12)15/h1-2,4,6,13,15H,3,5,7-11H2,(H,19,20)/t13-,15-/m1/s1. The van der Waals surface area contributed by atoms with Crippen molar-refractivity contribution in [3.8, 4) is 0 Å². The van der Waals surface area contributed by atoms with E-state index in [-0.39, 0.29) is 18.2 Å². The van der Waals surface area contributed by atoms with Gasteiger partial charge in [-0.15, -0.1) is 0 Å². The molecule has 3 rings (SSSR count). The second-order valence-electron chi connectivity index (χ2n) is 6.02. The Kier molecular flexibility index (Phi) is 4.43. The van der Waals surface area contributed by atoms with Crippen LogP contribution >= 0.6 is 0 Å². The number of hydrogen-bond donors (Lipinski definition) is 1. The highest BCUT2D eigenvalue weighted by molar-refractivity contribution is 5.84. The van der Waals surface area contributed by atoms with E-state index in [0.29, 0.717) is 19.7 Å². The van der Waals surface area contributed by atoms with E-state index in [0.717, 1.165) is 24.8 Å². The topological polar surface area (TPSA) is 66.8 Å². The number of aryl methyl sites for hydroxylation is 1. The number of fused-ring (bicyclic) bond motifs is 1. The lowest BCUT2D eigenvalue weighted by atomic mass is 9.82. The monoisotopic (exact) mass is 303 g/mol. The van der Waals surface area contributed by atoms with Crippen LogP contribution in [0.4, 0.5) is 0 Å². The van der Waals surface area contributed by atoms with Crippen molar-refractivity contribution in [2.75, 3.05) is 19.7 Å². The molecule has 1 amide bonds. The lowest BCUT2D eigenvalue weighted by Gasteiger charge is -2.36. The second kappa shape index (κ2) is 6.48. The minimum absolute atomic E-state index is 0.0506. The molecule has 0 aromatic heterocycles. The summed E-state index contributed by atoms with van der Waals surface area (Å²) in [5.41, 5.74) is 2.41. The fourth-order valence-corrected chi connectivity index (χ4v) is 3.47. The summed E-state index contributed by atoms with van der Waals surface area (Å²) in [5.74, 6) is -0.860.